The molecule has 0 saturated heterocycles. The lowest BCUT2D eigenvalue weighted by Gasteiger charge is -1.92. The van der Waals surface area contributed by atoms with Crippen LogP contribution in [0.15, 0.2) is 49.6 Å². The third-order valence-corrected chi connectivity index (χ3v) is 1.04. The molecule has 0 radical (unpaired) electrons. The molecule has 0 amide bonds. The molecule has 0 aromatic heterocycles. The van der Waals surface area contributed by atoms with Crippen molar-refractivity contribution in [1.82, 2.24) is 0 Å². The minimum absolute atomic E-state index is 0.162. The Morgan fingerprint density at radius 2 is 1.15 bits per heavy atom. The van der Waals surface area contributed by atoms with Crippen LogP contribution in [-0.4, -0.2) is 12.6 Å². The molecule has 1 aromatic rings. The van der Waals surface area contributed by atoms with Crippen LogP contribution >= 0.6 is 0 Å². The lowest BCUT2D eigenvalue weighted by molar-refractivity contribution is 0.752. The molecule has 0 aliphatic heterocycles. The average Bonchev–Trinajstić information content (AvgIpc) is 2.24. The van der Waals surface area contributed by atoms with Crippen LogP contribution in [0.2, 0.25) is 0 Å². The van der Waals surface area contributed by atoms with Crippen molar-refractivity contribution in [2.75, 3.05) is 6.54 Å². The summed E-state index contributed by atoms with van der Waals surface area (Å²) in [4.78, 5) is 0. The molecular weight excluding hydrogens is 160 g/mol. The highest BCUT2D eigenvalue weighted by Crippen LogP contribution is 1.79. The molecule has 1 atom stereocenters. The van der Waals surface area contributed by atoms with Gasteiger partial charge in [-0.3, -0.25) is 0 Å². The highest BCUT2D eigenvalue weighted by Gasteiger charge is 1.79. The second-order valence-corrected chi connectivity index (χ2v) is 2.37. The minimum atomic E-state index is 0.162. The van der Waals surface area contributed by atoms with Crippen molar-refractivity contribution in [2.24, 2.45) is 11.5 Å². The molecule has 4 N–H and O–H groups in total. The normalized spacial score (nSPS) is 9.77. The second-order valence-electron chi connectivity index (χ2n) is 2.37. The molecule has 0 aliphatic rings. The van der Waals surface area contributed by atoms with Crippen molar-refractivity contribution >= 4 is 0 Å². The van der Waals surface area contributed by atoms with E-state index in [1.165, 1.54) is 0 Å². The standard InChI is InChI=1S/C6H6.C3H10N2.C2H4/c1-2-4-6-5-3-1;1-3(5)2-4;1-2/h1-6H;3H,2,4-5H2,1H3;1-2H2. The van der Waals surface area contributed by atoms with Gasteiger partial charge in [-0.15, -0.1) is 13.2 Å². The number of hydrogen-bond acceptors (Lipinski definition) is 2. The van der Waals surface area contributed by atoms with Gasteiger partial charge in [-0.1, -0.05) is 36.4 Å². The van der Waals surface area contributed by atoms with Crippen LogP contribution in [-0.2, 0) is 0 Å². The predicted octanol–water partition coefficient (Wildman–Crippen LogP) is 1.78. The molecule has 13 heavy (non-hydrogen) atoms. The highest BCUT2D eigenvalue weighted by atomic mass is 14.7. The second kappa shape index (κ2) is 13.5. The van der Waals surface area contributed by atoms with Gasteiger partial charge in [-0.25, -0.2) is 0 Å². The molecule has 0 bridgehead atoms. The van der Waals surface area contributed by atoms with Crippen LogP contribution < -0.4 is 11.5 Å². The SMILES string of the molecule is C=C.CC(N)CN.c1ccccc1. The largest absolute Gasteiger partial charge is 0.329 e. The first-order valence-electron chi connectivity index (χ1n) is 4.23. The van der Waals surface area contributed by atoms with E-state index in [4.69, 9.17) is 11.5 Å². The Kier molecular flexibility index (Phi) is 14.9. The Hall–Kier alpha value is -1.12. The summed E-state index contributed by atoms with van der Waals surface area (Å²) in [5.74, 6) is 0. The summed E-state index contributed by atoms with van der Waals surface area (Å²) in [6.07, 6.45) is 0. The third-order valence-electron chi connectivity index (χ3n) is 1.04. The van der Waals surface area contributed by atoms with E-state index >= 15 is 0 Å². The maximum absolute atomic E-state index is 5.17. The maximum Gasteiger partial charge on any atom is 0.0134 e. The van der Waals surface area contributed by atoms with E-state index in [1.807, 2.05) is 43.3 Å². The van der Waals surface area contributed by atoms with Gasteiger partial charge in [-0.2, -0.15) is 0 Å². The van der Waals surface area contributed by atoms with Gasteiger partial charge in [0, 0.05) is 12.6 Å². The van der Waals surface area contributed by atoms with Gasteiger partial charge in [0.1, 0.15) is 0 Å². The predicted molar refractivity (Wildman–Crippen MR) is 60.4 cm³/mol. The van der Waals surface area contributed by atoms with Crippen molar-refractivity contribution in [3.8, 4) is 0 Å². The van der Waals surface area contributed by atoms with Gasteiger partial charge < -0.3 is 11.5 Å². The molecule has 1 aromatic carbocycles. The van der Waals surface area contributed by atoms with Crippen LogP contribution in [0.1, 0.15) is 6.92 Å². The molecule has 0 spiro atoms. The Bertz CT molecular complexity index is 134. The zero-order valence-electron chi connectivity index (χ0n) is 8.32. The summed E-state index contributed by atoms with van der Waals surface area (Å²) >= 11 is 0. The Labute approximate surface area is 81.3 Å². The summed E-state index contributed by atoms with van der Waals surface area (Å²) in [7, 11) is 0. The summed E-state index contributed by atoms with van der Waals surface area (Å²) in [6, 6.07) is 12.2. The fourth-order valence-corrected chi connectivity index (χ4v) is 0.385. The molecule has 1 unspecified atom stereocenters. The fraction of sp³-hybridized carbons (Fsp3) is 0.273. The van der Waals surface area contributed by atoms with Crippen LogP contribution in [0.4, 0.5) is 0 Å². The zero-order chi connectivity index (χ0) is 10.5. The molecular formula is C11H20N2. The molecule has 74 valence electrons. The fourth-order valence-electron chi connectivity index (χ4n) is 0.385. The Balaban J connectivity index is 0. The van der Waals surface area contributed by atoms with E-state index in [2.05, 4.69) is 13.2 Å². The van der Waals surface area contributed by atoms with Crippen LogP contribution in [0.3, 0.4) is 0 Å². The van der Waals surface area contributed by atoms with E-state index < -0.39 is 0 Å². The monoisotopic (exact) mass is 180 g/mol. The molecule has 0 saturated carbocycles. The van der Waals surface area contributed by atoms with Gasteiger partial charge in [0.05, 0.1) is 0 Å². The first kappa shape index (κ1) is 14.4. The summed E-state index contributed by atoms with van der Waals surface area (Å²) in [5.41, 5.74) is 10.2. The van der Waals surface area contributed by atoms with Crippen molar-refractivity contribution in [3.63, 3.8) is 0 Å². The van der Waals surface area contributed by atoms with E-state index in [1.54, 1.807) is 0 Å². The molecule has 0 aliphatic carbocycles. The van der Waals surface area contributed by atoms with Gasteiger partial charge >= 0.3 is 0 Å². The van der Waals surface area contributed by atoms with Gasteiger partial charge in [0.2, 0.25) is 0 Å². The Morgan fingerprint density at radius 3 is 1.23 bits per heavy atom. The molecule has 0 fully saturated rings. The molecule has 0 heterocycles. The van der Waals surface area contributed by atoms with Crippen molar-refractivity contribution in [2.45, 2.75) is 13.0 Å². The number of rotatable bonds is 1. The molecule has 2 heteroatoms. The Morgan fingerprint density at radius 1 is 1.00 bits per heavy atom. The summed E-state index contributed by atoms with van der Waals surface area (Å²) in [5, 5.41) is 0. The first-order chi connectivity index (χ1) is 6.27. The lowest BCUT2D eigenvalue weighted by atomic mass is 10.4. The van der Waals surface area contributed by atoms with Gasteiger partial charge in [0.15, 0.2) is 0 Å². The smallest absolute Gasteiger partial charge is 0.0134 e. The minimum Gasteiger partial charge on any atom is -0.329 e. The number of benzene rings is 1. The molecule has 1 rings (SSSR count). The topological polar surface area (TPSA) is 52.0 Å². The van der Waals surface area contributed by atoms with Gasteiger partial charge in [-0.05, 0) is 6.92 Å². The van der Waals surface area contributed by atoms with Crippen LogP contribution in [0.25, 0.3) is 0 Å². The van der Waals surface area contributed by atoms with E-state index in [9.17, 15) is 0 Å². The van der Waals surface area contributed by atoms with Crippen molar-refractivity contribution < 1.29 is 0 Å². The number of nitrogens with two attached hydrogens (primary N) is 2. The average molecular weight is 180 g/mol. The summed E-state index contributed by atoms with van der Waals surface area (Å²) in [6.45, 7) is 8.46. The molecule has 2 nitrogen and oxygen atoms in total. The van der Waals surface area contributed by atoms with Gasteiger partial charge in [0.25, 0.3) is 0 Å². The third kappa shape index (κ3) is 18.1. The lowest BCUT2D eigenvalue weighted by Crippen LogP contribution is -2.25. The van der Waals surface area contributed by atoms with Crippen LogP contribution in [0.5, 0.6) is 0 Å². The van der Waals surface area contributed by atoms with Crippen molar-refractivity contribution in [3.05, 3.63) is 49.6 Å². The number of hydrogen-bond donors (Lipinski definition) is 2. The van der Waals surface area contributed by atoms with E-state index in [-0.39, 0.29) is 6.04 Å². The quantitative estimate of drug-likeness (QED) is 0.647. The summed E-state index contributed by atoms with van der Waals surface area (Å²) < 4.78 is 0. The van der Waals surface area contributed by atoms with E-state index in [0.29, 0.717) is 6.54 Å². The van der Waals surface area contributed by atoms with Crippen LogP contribution in [0, 0.1) is 0 Å². The zero-order valence-corrected chi connectivity index (χ0v) is 8.32. The maximum atomic E-state index is 5.17. The van der Waals surface area contributed by atoms with Crippen molar-refractivity contribution in [1.29, 1.82) is 0 Å². The van der Waals surface area contributed by atoms with E-state index in [0.717, 1.165) is 0 Å². The highest BCUT2D eigenvalue weighted by molar-refractivity contribution is 4.99. The first-order valence-corrected chi connectivity index (χ1v) is 4.23.